The van der Waals surface area contributed by atoms with Crippen molar-refractivity contribution in [1.82, 2.24) is 0 Å². The van der Waals surface area contributed by atoms with Gasteiger partial charge in [0.1, 0.15) is 0 Å². The van der Waals surface area contributed by atoms with E-state index in [9.17, 15) is 0 Å². The molecule has 0 heterocycles. The molecule has 4 rings (SSSR count). The van der Waals surface area contributed by atoms with Gasteiger partial charge in [-0.15, -0.1) is 0 Å². The third-order valence-electron chi connectivity index (χ3n) is 8.57. The molecule has 0 aliphatic heterocycles. The van der Waals surface area contributed by atoms with Crippen molar-refractivity contribution in [2.75, 3.05) is 0 Å². The Morgan fingerprint density at radius 3 is 1.31 bits per heavy atom. The SMILES string of the molecule is CC1=C(C)C(C)C([Si](c2ccccc2)(c2cccc([Si](C)(C)C)c2)c2cccc([Si](C)(C)C)c2)=C1C. The Hall–Kier alpha value is -2.21. The highest BCUT2D eigenvalue weighted by Gasteiger charge is 2.48. The van der Waals surface area contributed by atoms with Crippen molar-refractivity contribution in [1.29, 1.82) is 0 Å². The molecule has 0 radical (unpaired) electrons. The molecule has 0 fully saturated rings. The molecule has 0 saturated carbocycles. The van der Waals surface area contributed by atoms with Crippen molar-refractivity contribution in [3.63, 3.8) is 0 Å². The summed E-state index contributed by atoms with van der Waals surface area (Å²) >= 11 is 0. The lowest BCUT2D eigenvalue weighted by Gasteiger charge is -2.39. The summed E-state index contributed by atoms with van der Waals surface area (Å²) in [6, 6.07) is 31.1. The van der Waals surface area contributed by atoms with E-state index >= 15 is 0 Å². The Balaban J connectivity index is 2.21. The predicted octanol–water partition coefficient (Wildman–Crippen LogP) is 6.09. The van der Waals surface area contributed by atoms with Gasteiger partial charge in [-0.2, -0.15) is 0 Å². The zero-order valence-corrected chi connectivity index (χ0v) is 27.1. The van der Waals surface area contributed by atoms with Gasteiger partial charge in [0.2, 0.25) is 0 Å². The minimum Gasteiger partial charge on any atom is -0.0656 e. The van der Waals surface area contributed by atoms with Gasteiger partial charge in [-0.3, -0.25) is 0 Å². The van der Waals surface area contributed by atoms with Crippen molar-refractivity contribution in [3.05, 3.63) is 101 Å². The van der Waals surface area contributed by atoms with Crippen LogP contribution in [0.25, 0.3) is 0 Å². The number of allylic oxidation sites excluding steroid dienone is 4. The molecule has 1 aliphatic rings. The lowest BCUT2D eigenvalue weighted by molar-refractivity contribution is 0.851. The number of benzene rings is 3. The van der Waals surface area contributed by atoms with E-state index in [-0.39, 0.29) is 0 Å². The van der Waals surface area contributed by atoms with Gasteiger partial charge in [0.25, 0.3) is 0 Å². The van der Waals surface area contributed by atoms with Crippen LogP contribution in [-0.4, -0.2) is 24.2 Å². The molecule has 0 nitrogen and oxygen atoms in total. The van der Waals surface area contributed by atoms with Gasteiger partial charge < -0.3 is 0 Å². The van der Waals surface area contributed by atoms with Crippen LogP contribution < -0.4 is 25.9 Å². The monoisotopic (exact) mass is 524 g/mol. The Labute approximate surface area is 223 Å². The zero-order valence-electron chi connectivity index (χ0n) is 24.1. The molecule has 0 saturated heterocycles. The summed E-state index contributed by atoms with van der Waals surface area (Å²) in [7, 11) is -5.51. The molecule has 0 bridgehead atoms. The molecule has 1 unspecified atom stereocenters. The van der Waals surface area contributed by atoms with Gasteiger partial charge in [-0.05, 0) is 47.8 Å². The maximum Gasteiger partial charge on any atom is 0.176 e. The highest BCUT2D eigenvalue weighted by molar-refractivity contribution is 7.16. The van der Waals surface area contributed by atoms with Crippen LogP contribution in [0.4, 0.5) is 0 Å². The van der Waals surface area contributed by atoms with Crippen molar-refractivity contribution >= 4 is 50.2 Å². The minimum absolute atomic E-state index is 0.447. The first-order chi connectivity index (χ1) is 16.8. The van der Waals surface area contributed by atoms with Crippen LogP contribution in [0.15, 0.2) is 101 Å². The summed E-state index contributed by atoms with van der Waals surface area (Å²) in [5.41, 5.74) is 4.55. The lowest BCUT2D eigenvalue weighted by atomic mass is 10.1. The molecule has 0 aromatic heterocycles. The largest absolute Gasteiger partial charge is 0.176 e. The molecule has 3 aromatic carbocycles. The average Bonchev–Trinajstić information content (AvgIpc) is 3.03. The van der Waals surface area contributed by atoms with Crippen LogP contribution in [0.5, 0.6) is 0 Å². The molecular formula is C33H44Si3. The minimum atomic E-state index is -2.54. The van der Waals surface area contributed by atoms with E-state index in [0.717, 1.165) is 0 Å². The summed E-state index contributed by atoms with van der Waals surface area (Å²) in [6.45, 7) is 24.4. The molecule has 1 atom stereocenters. The van der Waals surface area contributed by atoms with Crippen molar-refractivity contribution in [2.24, 2.45) is 5.92 Å². The van der Waals surface area contributed by atoms with Gasteiger partial charge in [0.05, 0.1) is 16.1 Å². The first-order valence-corrected chi connectivity index (χ1v) is 22.5. The zero-order chi connectivity index (χ0) is 26.5. The molecular weight excluding hydrogens is 481 g/mol. The van der Waals surface area contributed by atoms with Crippen molar-refractivity contribution in [2.45, 2.75) is 67.0 Å². The van der Waals surface area contributed by atoms with E-state index in [4.69, 9.17) is 0 Å². The molecule has 0 amide bonds. The molecule has 188 valence electrons. The lowest BCUT2D eigenvalue weighted by Crippen LogP contribution is -2.70. The highest BCUT2D eigenvalue weighted by atomic mass is 28.3. The van der Waals surface area contributed by atoms with Crippen LogP contribution >= 0.6 is 0 Å². The van der Waals surface area contributed by atoms with Gasteiger partial charge in [-0.1, -0.05) is 152 Å². The Morgan fingerprint density at radius 1 is 0.500 bits per heavy atom. The smallest absolute Gasteiger partial charge is 0.0656 e. The fraction of sp³-hybridized carbons (Fsp3) is 0.333. The second-order valence-electron chi connectivity index (χ2n) is 12.8. The molecule has 3 heteroatoms. The normalized spacial score (nSPS) is 17.2. The summed E-state index contributed by atoms with van der Waals surface area (Å²) in [4.78, 5) is 0. The third kappa shape index (κ3) is 4.51. The second-order valence-corrected chi connectivity index (χ2v) is 26.8. The van der Waals surface area contributed by atoms with Crippen LogP contribution in [0.1, 0.15) is 27.7 Å². The summed E-state index contributed by atoms with van der Waals surface area (Å²) < 4.78 is 0. The number of rotatable bonds is 6. The van der Waals surface area contributed by atoms with Crippen LogP contribution in [0, 0.1) is 5.92 Å². The Bertz CT molecular complexity index is 1270. The van der Waals surface area contributed by atoms with E-state index in [1.807, 2.05) is 0 Å². The Morgan fingerprint density at radius 2 is 0.917 bits per heavy atom. The van der Waals surface area contributed by atoms with E-state index in [0.29, 0.717) is 5.92 Å². The predicted molar refractivity (Wildman–Crippen MR) is 170 cm³/mol. The fourth-order valence-corrected chi connectivity index (χ4v) is 14.4. The molecule has 36 heavy (non-hydrogen) atoms. The maximum atomic E-state index is 2.61. The Kier molecular flexibility index (Phi) is 7.15. The second kappa shape index (κ2) is 9.59. The van der Waals surface area contributed by atoms with Gasteiger partial charge in [0.15, 0.2) is 8.07 Å². The first-order valence-electron chi connectivity index (χ1n) is 13.5. The van der Waals surface area contributed by atoms with Crippen molar-refractivity contribution in [3.8, 4) is 0 Å². The molecule has 1 aliphatic carbocycles. The van der Waals surface area contributed by atoms with Crippen LogP contribution in [-0.2, 0) is 0 Å². The van der Waals surface area contributed by atoms with E-state index in [1.54, 1.807) is 25.9 Å². The van der Waals surface area contributed by atoms with Crippen LogP contribution in [0.2, 0.25) is 39.3 Å². The van der Waals surface area contributed by atoms with Crippen LogP contribution in [0.3, 0.4) is 0 Å². The van der Waals surface area contributed by atoms with Crippen molar-refractivity contribution < 1.29 is 0 Å². The maximum absolute atomic E-state index is 2.61. The van der Waals surface area contributed by atoms with Gasteiger partial charge >= 0.3 is 0 Å². The molecule has 0 spiro atoms. The summed E-state index contributed by atoms with van der Waals surface area (Å²) in [5, 5.41) is 9.40. The highest BCUT2D eigenvalue weighted by Crippen LogP contribution is 2.41. The molecule has 3 aromatic rings. The standard InChI is InChI=1S/C33H44Si3/c1-24-25(2)27(4)33(26(24)3)36(28-16-12-11-13-17-28,31-20-14-18-29(22-31)34(5,6)7)32-21-15-19-30(23-32)35(8,9)10/h11-23,26H,1-10H3. The summed E-state index contributed by atoms with van der Waals surface area (Å²) in [5.74, 6) is 0.447. The number of hydrogen-bond donors (Lipinski definition) is 0. The van der Waals surface area contributed by atoms with E-state index < -0.39 is 24.2 Å². The quantitative estimate of drug-likeness (QED) is 0.270. The topological polar surface area (TPSA) is 0 Å². The molecule has 0 N–H and O–H groups in total. The third-order valence-corrected chi connectivity index (χ3v) is 17.8. The summed E-state index contributed by atoms with van der Waals surface area (Å²) in [6.07, 6.45) is 0. The first kappa shape index (κ1) is 26.8. The fourth-order valence-electron chi connectivity index (χ4n) is 6.06. The van der Waals surface area contributed by atoms with Gasteiger partial charge in [0, 0.05) is 0 Å². The van der Waals surface area contributed by atoms with E-state index in [2.05, 4.69) is 146 Å². The van der Waals surface area contributed by atoms with E-state index in [1.165, 1.54) is 21.9 Å². The van der Waals surface area contributed by atoms with Gasteiger partial charge in [-0.25, -0.2) is 0 Å². The number of hydrogen-bond acceptors (Lipinski definition) is 0. The average molecular weight is 525 g/mol.